The van der Waals surface area contributed by atoms with E-state index in [9.17, 15) is 9.59 Å². The molecule has 0 aliphatic rings. The van der Waals surface area contributed by atoms with Gasteiger partial charge in [0, 0.05) is 23.2 Å². The number of methoxy groups -OCH3 is 1. The lowest BCUT2D eigenvalue weighted by Gasteiger charge is -2.19. The Kier molecular flexibility index (Phi) is 6.58. The molecule has 134 valence electrons. The van der Waals surface area contributed by atoms with Crippen LogP contribution in [0.1, 0.15) is 34.0 Å². The zero-order chi connectivity index (χ0) is 18.4. The summed E-state index contributed by atoms with van der Waals surface area (Å²) < 4.78 is 5.14. The summed E-state index contributed by atoms with van der Waals surface area (Å²) in [5, 5.41) is 2.81. The number of nitrogens with zero attached hydrogens (tertiary/aromatic N) is 1. The van der Waals surface area contributed by atoms with E-state index in [0.717, 1.165) is 11.3 Å². The monoisotopic (exact) mass is 360 g/mol. The maximum absolute atomic E-state index is 12.7. The molecule has 1 heterocycles. The van der Waals surface area contributed by atoms with Gasteiger partial charge in [0.05, 0.1) is 12.0 Å². The van der Waals surface area contributed by atoms with Crippen molar-refractivity contribution in [2.24, 2.45) is 0 Å². The highest BCUT2D eigenvalue weighted by molar-refractivity contribution is 7.14. The lowest BCUT2D eigenvalue weighted by Crippen LogP contribution is -2.37. The number of ether oxygens (including phenoxy) is 1. The highest BCUT2D eigenvalue weighted by Crippen LogP contribution is 2.23. The fourth-order valence-corrected chi connectivity index (χ4v) is 3.62. The molecule has 0 spiro atoms. The Hall–Kier alpha value is -2.34. The first kappa shape index (κ1) is 19.0. The van der Waals surface area contributed by atoms with Crippen molar-refractivity contribution < 1.29 is 14.3 Å². The van der Waals surface area contributed by atoms with Crippen LogP contribution in [0.25, 0.3) is 0 Å². The van der Waals surface area contributed by atoms with E-state index in [1.165, 1.54) is 16.9 Å². The molecule has 1 aromatic carbocycles. The molecule has 0 radical (unpaired) electrons. The molecule has 0 aliphatic heterocycles. The van der Waals surface area contributed by atoms with Crippen LogP contribution in [-0.2, 0) is 11.2 Å². The van der Waals surface area contributed by atoms with E-state index in [0.29, 0.717) is 22.9 Å². The number of hydrogen-bond donors (Lipinski definition) is 1. The third kappa shape index (κ3) is 4.82. The maximum atomic E-state index is 12.7. The van der Waals surface area contributed by atoms with Crippen LogP contribution in [0.2, 0.25) is 0 Å². The molecule has 2 amide bonds. The average Bonchev–Trinajstić information content (AvgIpc) is 3.00. The summed E-state index contributed by atoms with van der Waals surface area (Å²) in [4.78, 5) is 28.4. The van der Waals surface area contributed by atoms with Crippen LogP contribution in [0.3, 0.4) is 0 Å². The first-order valence-corrected chi connectivity index (χ1v) is 9.12. The molecule has 6 heteroatoms. The van der Waals surface area contributed by atoms with Gasteiger partial charge in [-0.05, 0) is 44.0 Å². The molecule has 2 rings (SSSR count). The molecule has 5 nitrogen and oxygen atoms in total. The van der Waals surface area contributed by atoms with Gasteiger partial charge in [-0.2, -0.15) is 0 Å². The predicted octanol–water partition coefficient (Wildman–Crippen LogP) is 3.73. The summed E-state index contributed by atoms with van der Waals surface area (Å²) in [6.45, 7) is 6.46. The standard InChI is InChI=1S/C19H24N2O3S/c1-5-14-10-17(25-13(14)3)19(23)21(6-2)12-18(22)20-15-8-7-9-16(11-15)24-4/h7-11H,5-6,12H2,1-4H3,(H,20,22). The van der Waals surface area contributed by atoms with Gasteiger partial charge in [0.15, 0.2) is 0 Å². The fourth-order valence-electron chi connectivity index (χ4n) is 2.53. The minimum absolute atomic E-state index is 0.0188. The summed E-state index contributed by atoms with van der Waals surface area (Å²) in [6.07, 6.45) is 0.901. The van der Waals surface area contributed by atoms with Crippen LogP contribution in [0.15, 0.2) is 30.3 Å². The molecule has 0 bridgehead atoms. The summed E-state index contributed by atoms with van der Waals surface area (Å²) in [7, 11) is 1.58. The fraction of sp³-hybridized carbons (Fsp3) is 0.368. The number of thiophene rings is 1. The highest BCUT2D eigenvalue weighted by Gasteiger charge is 2.20. The van der Waals surface area contributed by atoms with Crippen LogP contribution in [0.4, 0.5) is 5.69 Å². The smallest absolute Gasteiger partial charge is 0.264 e. The highest BCUT2D eigenvalue weighted by atomic mass is 32.1. The lowest BCUT2D eigenvalue weighted by atomic mass is 10.2. The van der Waals surface area contributed by atoms with Gasteiger partial charge in [0.25, 0.3) is 5.91 Å². The Morgan fingerprint density at radius 1 is 1.24 bits per heavy atom. The predicted molar refractivity (Wildman–Crippen MR) is 102 cm³/mol. The summed E-state index contributed by atoms with van der Waals surface area (Å²) in [5.41, 5.74) is 1.83. The van der Waals surface area contributed by atoms with Gasteiger partial charge in [0.2, 0.25) is 5.91 Å². The molecule has 0 unspecified atom stereocenters. The van der Waals surface area contributed by atoms with Crippen molar-refractivity contribution in [1.82, 2.24) is 4.90 Å². The van der Waals surface area contributed by atoms with Crippen molar-refractivity contribution in [2.75, 3.05) is 25.5 Å². The Labute approximate surface area is 152 Å². The van der Waals surface area contributed by atoms with Gasteiger partial charge in [-0.25, -0.2) is 0 Å². The van der Waals surface area contributed by atoms with Crippen LogP contribution >= 0.6 is 11.3 Å². The molecule has 2 aromatic rings. The van der Waals surface area contributed by atoms with E-state index < -0.39 is 0 Å². The lowest BCUT2D eigenvalue weighted by molar-refractivity contribution is -0.116. The van der Waals surface area contributed by atoms with Crippen LogP contribution in [-0.4, -0.2) is 36.9 Å². The van der Waals surface area contributed by atoms with Crippen LogP contribution < -0.4 is 10.1 Å². The molecule has 0 aliphatic carbocycles. The largest absolute Gasteiger partial charge is 0.497 e. The van der Waals surface area contributed by atoms with E-state index in [1.54, 1.807) is 30.2 Å². The number of rotatable bonds is 7. The number of likely N-dealkylation sites (N-methyl/N-ethyl adjacent to an activating group) is 1. The molecule has 0 saturated heterocycles. The zero-order valence-electron chi connectivity index (χ0n) is 15.1. The second-order valence-electron chi connectivity index (χ2n) is 5.65. The SMILES string of the molecule is CCc1cc(C(=O)N(CC)CC(=O)Nc2cccc(OC)c2)sc1C. The number of anilines is 1. The molecule has 0 saturated carbocycles. The summed E-state index contributed by atoms with van der Waals surface area (Å²) >= 11 is 1.49. The molecular weight excluding hydrogens is 336 g/mol. The van der Waals surface area contributed by atoms with Gasteiger partial charge in [-0.3, -0.25) is 9.59 Å². The van der Waals surface area contributed by atoms with Crippen molar-refractivity contribution in [3.05, 3.63) is 45.6 Å². The van der Waals surface area contributed by atoms with Gasteiger partial charge in [-0.1, -0.05) is 13.0 Å². The third-order valence-corrected chi connectivity index (χ3v) is 5.05. The number of benzene rings is 1. The van der Waals surface area contributed by atoms with Gasteiger partial charge in [0.1, 0.15) is 12.3 Å². The number of carbonyl (C=O) groups excluding carboxylic acids is 2. The van der Waals surface area contributed by atoms with Crippen molar-refractivity contribution in [2.45, 2.75) is 27.2 Å². The Morgan fingerprint density at radius 3 is 2.60 bits per heavy atom. The van der Waals surface area contributed by atoms with Crippen molar-refractivity contribution >= 4 is 28.8 Å². The second-order valence-corrected chi connectivity index (χ2v) is 6.90. The average molecular weight is 360 g/mol. The molecular formula is C19H24N2O3S. The number of aryl methyl sites for hydroxylation is 2. The molecule has 1 aromatic heterocycles. The van der Waals surface area contributed by atoms with E-state index >= 15 is 0 Å². The Bertz CT molecular complexity index is 755. The number of amides is 2. The zero-order valence-corrected chi connectivity index (χ0v) is 15.9. The summed E-state index contributed by atoms with van der Waals surface area (Å²) in [6, 6.07) is 9.08. The summed E-state index contributed by atoms with van der Waals surface area (Å²) in [5.74, 6) is 0.339. The molecule has 1 N–H and O–H groups in total. The normalized spacial score (nSPS) is 10.4. The van der Waals surface area contributed by atoms with Gasteiger partial charge >= 0.3 is 0 Å². The Morgan fingerprint density at radius 2 is 2.00 bits per heavy atom. The van der Waals surface area contributed by atoms with Crippen molar-refractivity contribution in [1.29, 1.82) is 0 Å². The first-order chi connectivity index (χ1) is 12.0. The van der Waals surface area contributed by atoms with Gasteiger partial charge < -0.3 is 15.0 Å². The second kappa shape index (κ2) is 8.67. The molecule has 0 atom stereocenters. The third-order valence-electron chi connectivity index (χ3n) is 3.97. The van der Waals surface area contributed by atoms with Crippen LogP contribution in [0.5, 0.6) is 5.75 Å². The maximum Gasteiger partial charge on any atom is 0.264 e. The first-order valence-electron chi connectivity index (χ1n) is 8.30. The van der Waals surface area contributed by atoms with Crippen molar-refractivity contribution in [3.63, 3.8) is 0 Å². The minimum Gasteiger partial charge on any atom is -0.497 e. The topological polar surface area (TPSA) is 58.6 Å². The Balaban J connectivity index is 2.04. The number of carbonyl (C=O) groups is 2. The van der Waals surface area contributed by atoms with E-state index in [-0.39, 0.29) is 18.4 Å². The van der Waals surface area contributed by atoms with Crippen LogP contribution in [0, 0.1) is 6.92 Å². The van der Waals surface area contributed by atoms with Gasteiger partial charge in [-0.15, -0.1) is 11.3 Å². The molecule has 0 fully saturated rings. The minimum atomic E-state index is -0.229. The van der Waals surface area contributed by atoms with Crippen molar-refractivity contribution in [3.8, 4) is 5.75 Å². The number of hydrogen-bond acceptors (Lipinski definition) is 4. The quantitative estimate of drug-likeness (QED) is 0.818. The van der Waals surface area contributed by atoms with E-state index in [1.807, 2.05) is 26.0 Å². The van der Waals surface area contributed by atoms with E-state index in [4.69, 9.17) is 4.74 Å². The number of nitrogens with one attached hydrogen (secondary N) is 1. The van der Waals surface area contributed by atoms with E-state index in [2.05, 4.69) is 12.2 Å². The molecule has 25 heavy (non-hydrogen) atoms.